The maximum Gasteiger partial charge on any atom is 0.0860 e. The summed E-state index contributed by atoms with van der Waals surface area (Å²) >= 11 is 1.48. The van der Waals surface area contributed by atoms with Crippen LogP contribution in [-0.2, 0) is 5.41 Å². The van der Waals surface area contributed by atoms with E-state index in [1.807, 2.05) is 7.05 Å². The summed E-state index contributed by atoms with van der Waals surface area (Å²) in [4.78, 5) is 1.21. The van der Waals surface area contributed by atoms with E-state index in [2.05, 4.69) is 66.9 Å². The molecule has 0 aliphatic rings. The summed E-state index contributed by atoms with van der Waals surface area (Å²) in [5.41, 5.74) is 3.63. The Morgan fingerprint density at radius 2 is 1.79 bits per heavy atom. The lowest BCUT2D eigenvalue weighted by atomic mass is 9.89. The van der Waals surface area contributed by atoms with Crippen molar-refractivity contribution in [2.24, 2.45) is 0 Å². The fourth-order valence-corrected chi connectivity index (χ4v) is 3.12. The summed E-state index contributed by atoms with van der Waals surface area (Å²) < 4.78 is 4.15. The van der Waals surface area contributed by atoms with Gasteiger partial charge in [0.15, 0.2) is 0 Å². The highest BCUT2D eigenvalue weighted by Gasteiger charge is 2.27. The molecule has 4 heteroatoms. The van der Waals surface area contributed by atoms with Crippen LogP contribution in [0.25, 0.3) is 0 Å². The van der Waals surface area contributed by atoms with Gasteiger partial charge in [0.1, 0.15) is 0 Å². The third kappa shape index (κ3) is 3.01. The Morgan fingerprint density at radius 1 is 1.16 bits per heavy atom. The normalized spacial score (nSPS) is 13.5. The zero-order valence-electron chi connectivity index (χ0n) is 12.2. The summed E-state index contributed by atoms with van der Waals surface area (Å²) in [7, 11) is 1.98. The summed E-state index contributed by atoms with van der Waals surface area (Å²) in [6.07, 6.45) is 0. The molecule has 1 aromatic heterocycles. The lowest BCUT2D eigenvalue weighted by Crippen LogP contribution is -2.22. The van der Waals surface area contributed by atoms with Crippen LogP contribution in [0.3, 0.4) is 0 Å². The van der Waals surface area contributed by atoms with Crippen LogP contribution in [0.2, 0.25) is 0 Å². The van der Waals surface area contributed by atoms with Gasteiger partial charge in [-0.25, -0.2) is 0 Å². The molecule has 0 spiro atoms. The maximum absolute atomic E-state index is 4.33. The average Bonchev–Trinajstić information content (AvgIpc) is 2.81. The van der Waals surface area contributed by atoms with Crippen LogP contribution in [0.1, 0.15) is 48.5 Å². The van der Waals surface area contributed by atoms with E-state index in [1.54, 1.807) is 0 Å². The van der Waals surface area contributed by atoms with E-state index < -0.39 is 0 Å². The number of hydrogen-bond donors (Lipinski definition) is 1. The summed E-state index contributed by atoms with van der Waals surface area (Å²) in [5.74, 6) is 0. The molecule has 0 saturated carbocycles. The number of nitrogens with zero attached hydrogens (tertiary/aromatic N) is 2. The van der Waals surface area contributed by atoms with Crippen molar-refractivity contribution in [1.82, 2.24) is 14.9 Å². The third-order valence-corrected chi connectivity index (χ3v) is 3.97. The van der Waals surface area contributed by atoms with Crippen molar-refractivity contribution in [3.8, 4) is 0 Å². The van der Waals surface area contributed by atoms with E-state index >= 15 is 0 Å². The molecule has 0 fully saturated rings. The second kappa shape index (κ2) is 5.39. The van der Waals surface area contributed by atoms with Crippen LogP contribution in [0, 0.1) is 6.92 Å². The van der Waals surface area contributed by atoms with Crippen molar-refractivity contribution in [3.63, 3.8) is 0 Å². The van der Waals surface area contributed by atoms with Gasteiger partial charge in [-0.3, -0.25) is 0 Å². The molecular formula is C15H21N3S. The molecule has 1 N–H and O–H groups in total. The first-order valence-corrected chi connectivity index (χ1v) is 7.27. The Labute approximate surface area is 119 Å². The molecule has 1 atom stereocenters. The highest BCUT2D eigenvalue weighted by atomic mass is 32.1. The van der Waals surface area contributed by atoms with Gasteiger partial charge in [0.05, 0.1) is 16.6 Å². The van der Waals surface area contributed by atoms with Crippen molar-refractivity contribution in [1.29, 1.82) is 0 Å². The van der Waals surface area contributed by atoms with Gasteiger partial charge >= 0.3 is 0 Å². The van der Waals surface area contributed by atoms with Gasteiger partial charge < -0.3 is 5.32 Å². The Morgan fingerprint density at radius 3 is 2.32 bits per heavy atom. The largest absolute Gasteiger partial charge is 0.309 e. The van der Waals surface area contributed by atoms with Gasteiger partial charge in [-0.1, -0.05) is 55.1 Å². The molecule has 2 rings (SSSR count). The molecule has 19 heavy (non-hydrogen) atoms. The quantitative estimate of drug-likeness (QED) is 0.932. The second-order valence-electron chi connectivity index (χ2n) is 5.87. The fraction of sp³-hybridized carbons (Fsp3) is 0.467. The average molecular weight is 275 g/mol. The molecule has 0 aliphatic carbocycles. The van der Waals surface area contributed by atoms with Crippen molar-refractivity contribution >= 4 is 11.5 Å². The van der Waals surface area contributed by atoms with Crippen molar-refractivity contribution < 1.29 is 0 Å². The van der Waals surface area contributed by atoms with Crippen LogP contribution in [0.15, 0.2) is 24.3 Å². The van der Waals surface area contributed by atoms with Gasteiger partial charge in [-0.2, -0.15) is 0 Å². The Balaban J connectivity index is 2.43. The lowest BCUT2D eigenvalue weighted by Gasteiger charge is -2.21. The molecule has 1 heterocycles. The van der Waals surface area contributed by atoms with E-state index in [1.165, 1.54) is 27.5 Å². The molecule has 3 nitrogen and oxygen atoms in total. The molecule has 0 aliphatic heterocycles. The Kier molecular flexibility index (Phi) is 4.02. The zero-order valence-corrected chi connectivity index (χ0v) is 13.0. The monoisotopic (exact) mass is 275 g/mol. The predicted octanol–water partition coefficient (Wildman–Crippen LogP) is 3.45. The van der Waals surface area contributed by atoms with Crippen LogP contribution in [-0.4, -0.2) is 16.6 Å². The van der Waals surface area contributed by atoms with E-state index in [0.29, 0.717) is 0 Å². The summed E-state index contributed by atoms with van der Waals surface area (Å²) in [6, 6.07) is 8.79. The zero-order chi connectivity index (χ0) is 14.0. The van der Waals surface area contributed by atoms with E-state index in [4.69, 9.17) is 0 Å². The first kappa shape index (κ1) is 14.2. The third-order valence-electron chi connectivity index (χ3n) is 3.19. The number of hydrogen-bond acceptors (Lipinski definition) is 4. The molecule has 0 bridgehead atoms. The minimum atomic E-state index is 0.0160. The van der Waals surface area contributed by atoms with Crippen LogP contribution >= 0.6 is 11.5 Å². The number of nitrogens with one attached hydrogen (secondary N) is 1. The van der Waals surface area contributed by atoms with Crippen molar-refractivity contribution in [2.45, 2.75) is 39.2 Å². The molecule has 0 amide bonds. The van der Waals surface area contributed by atoms with E-state index in [-0.39, 0.29) is 11.5 Å². The number of aromatic nitrogens is 2. The topological polar surface area (TPSA) is 37.8 Å². The molecule has 1 aromatic carbocycles. The number of aryl methyl sites for hydroxylation is 1. The van der Waals surface area contributed by atoms with Gasteiger partial charge in [0.2, 0.25) is 0 Å². The minimum absolute atomic E-state index is 0.0160. The van der Waals surface area contributed by atoms with Gasteiger partial charge in [0.25, 0.3) is 0 Å². The highest BCUT2D eigenvalue weighted by molar-refractivity contribution is 7.05. The van der Waals surface area contributed by atoms with Crippen LogP contribution in [0.4, 0.5) is 0 Å². The smallest absolute Gasteiger partial charge is 0.0860 e. The molecule has 102 valence electrons. The van der Waals surface area contributed by atoms with E-state index in [0.717, 1.165) is 5.69 Å². The SMILES string of the molecule is CNC(c1ccc(C)cc1)c1snnc1C(C)(C)C. The van der Waals surface area contributed by atoms with Gasteiger partial charge in [-0.15, -0.1) is 5.10 Å². The molecule has 2 aromatic rings. The molecule has 0 saturated heterocycles. The van der Waals surface area contributed by atoms with E-state index in [9.17, 15) is 0 Å². The first-order valence-electron chi connectivity index (χ1n) is 6.50. The molecule has 1 unspecified atom stereocenters. The molecular weight excluding hydrogens is 254 g/mol. The van der Waals surface area contributed by atoms with Crippen LogP contribution in [0.5, 0.6) is 0 Å². The first-order chi connectivity index (χ1) is 8.93. The van der Waals surface area contributed by atoms with Gasteiger partial charge in [-0.05, 0) is 31.1 Å². The Bertz CT molecular complexity index is 537. The Hall–Kier alpha value is -1.26. The highest BCUT2D eigenvalue weighted by Crippen LogP contribution is 2.33. The number of rotatable bonds is 3. The second-order valence-corrected chi connectivity index (χ2v) is 6.65. The number of benzene rings is 1. The van der Waals surface area contributed by atoms with Crippen LogP contribution < -0.4 is 5.32 Å². The lowest BCUT2D eigenvalue weighted by molar-refractivity contribution is 0.549. The van der Waals surface area contributed by atoms with Crippen molar-refractivity contribution in [3.05, 3.63) is 46.0 Å². The maximum atomic E-state index is 4.33. The van der Waals surface area contributed by atoms with Gasteiger partial charge in [0, 0.05) is 5.41 Å². The predicted molar refractivity (Wildman–Crippen MR) is 80.7 cm³/mol. The summed E-state index contributed by atoms with van der Waals surface area (Å²) in [5, 5.41) is 7.71. The minimum Gasteiger partial charge on any atom is -0.309 e. The standard InChI is InChI=1S/C15H21N3S/c1-10-6-8-11(9-7-10)12(16-5)13-14(15(2,3)4)17-18-19-13/h6-9,12,16H,1-5H3. The van der Waals surface area contributed by atoms with Crippen molar-refractivity contribution in [2.75, 3.05) is 7.05 Å². The summed E-state index contributed by atoms with van der Waals surface area (Å²) in [6.45, 7) is 8.63. The fourth-order valence-electron chi connectivity index (χ4n) is 2.11. The molecule has 0 radical (unpaired) electrons.